The van der Waals surface area contributed by atoms with Crippen LogP contribution in [0, 0.1) is 0 Å². The van der Waals surface area contributed by atoms with Crippen LogP contribution in [0.1, 0.15) is 11.1 Å². The van der Waals surface area contributed by atoms with Crippen LogP contribution in [0.3, 0.4) is 0 Å². The second-order valence-electron chi connectivity index (χ2n) is 5.93. The number of hydrogen-bond acceptors (Lipinski definition) is 6. The molecule has 1 aliphatic rings. The standard InChI is InChI=1S/C18H18N4O3/c1-24-15-7-13-14(8-16(15)25-2)20-18(21-17(13)23)22-6-4-11-3-5-19-9-12(11)10-22/h3,5,7-9H,4,6,10H2,1-2H3,(H,20,21,23). The molecule has 0 saturated heterocycles. The van der Waals surface area contributed by atoms with E-state index in [-0.39, 0.29) is 5.56 Å². The Bertz CT molecular complexity index is 999. The molecule has 0 bridgehead atoms. The number of nitrogens with one attached hydrogen (secondary N) is 1. The Morgan fingerprint density at radius 3 is 2.76 bits per heavy atom. The minimum Gasteiger partial charge on any atom is -0.493 e. The molecule has 1 N–H and O–H groups in total. The van der Waals surface area contributed by atoms with Gasteiger partial charge in [0.25, 0.3) is 5.56 Å². The Balaban J connectivity index is 1.78. The molecular formula is C18H18N4O3. The number of benzene rings is 1. The van der Waals surface area contributed by atoms with E-state index in [4.69, 9.17) is 9.47 Å². The highest BCUT2D eigenvalue weighted by molar-refractivity contribution is 5.82. The van der Waals surface area contributed by atoms with Crippen LogP contribution < -0.4 is 19.9 Å². The zero-order chi connectivity index (χ0) is 17.4. The number of hydrogen-bond donors (Lipinski definition) is 1. The van der Waals surface area contributed by atoms with Gasteiger partial charge in [0, 0.05) is 31.5 Å². The number of ether oxygens (including phenoxy) is 2. The summed E-state index contributed by atoms with van der Waals surface area (Å²) < 4.78 is 10.6. The van der Waals surface area contributed by atoms with Gasteiger partial charge < -0.3 is 14.4 Å². The first-order valence-electron chi connectivity index (χ1n) is 8.02. The summed E-state index contributed by atoms with van der Waals surface area (Å²) in [6, 6.07) is 5.42. The minimum absolute atomic E-state index is 0.196. The van der Waals surface area contributed by atoms with Gasteiger partial charge in [0.1, 0.15) is 0 Å². The molecule has 0 amide bonds. The molecule has 0 unspecified atom stereocenters. The van der Waals surface area contributed by atoms with E-state index < -0.39 is 0 Å². The number of pyridine rings is 1. The van der Waals surface area contributed by atoms with Gasteiger partial charge in [0.15, 0.2) is 11.5 Å². The summed E-state index contributed by atoms with van der Waals surface area (Å²) in [7, 11) is 3.10. The predicted octanol–water partition coefficient (Wildman–Crippen LogP) is 1.90. The number of nitrogens with zero attached hydrogens (tertiary/aromatic N) is 3. The molecule has 0 radical (unpaired) electrons. The highest BCUT2D eigenvalue weighted by atomic mass is 16.5. The molecule has 1 aliphatic heterocycles. The maximum absolute atomic E-state index is 12.5. The Kier molecular flexibility index (Phi) is 3.76. The van der Waals surface area contributed by atoms with E-state index in [0.29, 0.717) is 34.9 Å². The molecule has 3 heterocycles. The molecule has 4 rings (SSSR count). The Morgan fingerprint density at radius 2 is 1.96 bits per heavy atom. The van der Waals surface area contributed by atoms with Crippen molar-refractivity contribution in [3.05, 3.63) is 52.1 Å². The number of methoxy groups -OCH3 is 2. The first kappa shape index (κ1) is 15.4. The number of rotatable bonds is 3. The zero-order valence-electron chi connectivity index (χ0n) is 14.1. The van der Waals surface area contributed by atoms with Crippen molar-refractivity contribution in [1.82, 2.24) is 15.0 Å². The quantitative estimate of drug-likeness (QED) is 0.786. The van der Waals surface area contributed by atoms with Gasteiger partial charge in [-0.15, -0.1) is 0 Å². The van der Waals surface area contributed by atoms with E-state index in [1.807, 2.05) is 18.5 Å². The molecule has 2 aromatic heterocycles. The Labute approximate surface area is 144 Å². The minimum atomic E-state index is -0.196. The molecule has 1 aromatic carbocycles. The predicted molar refractivity (Wildman–Crippen MR) is 94.5 cm³/mol. The molecule has 25 heavy (non-hydrogen) atoms. The third-order valence-corrected chi connectivity index (χ3v) is 4.51. The van der Waals surface area contributed by atoms with E-state index in [9.17, 15) is 4.79 Å². The molecule has 0 fully saturated rings. The maximum atomic E-state index is 12.5. The van der Waals surface area contributed by atoms with Gasteiger partial charge in [0.05, 0.1) is 25.1 Å². The van der Waals surface area contributed by atoms with Gasteiger partial charge in [-0.25, -0.2) is 4.98 Å². The van der Waals surface area contributed by atoms with Crippen molar-refractivity contribution in [1.29, 1.82) is 0 Å². The lowest BCUT2D eigenvalue weighted by Crippen LogP contribution is -2.33. The molecule has 0 atom stereocenters. The van der Waals surface area contributed by atoms with Gasteiger partial charge in [-0.1, -0.05) is 0 Å². The van der Waals surface area contributed by atoms with Crippen LogP contribution in [-0.2, 0) is 13.0 Å². The van der Waals surface area contributed by atoms with Crippen LogP contribution >= 0.6 is 0 Å². The van der Waals surface area contributed by atoms with Gasteiger partial charge in [-0.05, 0) is 29.7 Å². The van der Waals surface area contributed by atoms with Crippen LogP contribution in [-0.4, -0.2) is 35.7 Å². The highest BCUT2D eigenvalue weighted by Crippen LogP contribution is 2.31. The zero-order valence-corrected chi connectivity index (χ0v) is 14.1. The largest absolute Gasteiger partial charge is 0.493 e. The van der Waals surface area contributed by atoms with Gasteiger partial charge in [-0.2, -0.15) is 0 Å². The lowest BCUT2D eigenvalue weighted by molar-refractivity contribution is 0.355. The first-order chi connectivity index (χ1) is 12.2. The lowest BCUT2D eigenvalue weighted by Gasteiger charge is -2.29. The van der Waals surface area contributed by atoms with Crippen molar-refractivity contribution in [2.24, 2.45) is 0 Å². The summed E-state index contributed by atoms with van der Waals surface area (Å²) >= 11 is 0. The third-order valence-electron chi connectivity index (χ3n) is 4.51. The summed E-state index contributed by atoms with van der Waals surface area (Å²) in [5.74, 6) is 1.61. The van der Waals surface area contributed by atoms with Gasteiger partial charge >= 0.3 is 0 Å². The molecule has 0 saturated carbocycles. The molecule has 3 aromatic rings. The normalized spacial score (nSPS) is 13.6. The fourth-order valence-corrected chi connectivity index (χ4v) is 3.17. The number of fused-ring (bicyclic) bond motifs is 2. The summed E-state index contributed by atoms with van der Waals surface area (Å²) in [6.07, 6.45) is 4.57. The van der Waals surface area contributed by atoms with Crippen LogP contribution in [0.2, 0.25) is 0 Å². The number of H-pyrrole nitrogens is 1. The van der Waals surface area contributed by atoms with Crippen molar-refractivity contribution in [2.75, 3.05) is 25.7 Å². The lowest BCUT2D eigenvalue weighted by atomic mass is 10.0. The monoisotopic (exact) mass is 338 g/mol. The fraction of sp³-hybridized carbons (Fsp3) is 0.278. The average molecular weight is 338 g/mol. The molecular weight excluding hydrogens is 320 g/mol. The van der Waals surface area contributed by atoms with Gasteiger partial charge in [0.2, 0.25) is 5.95 Å². The first-order valence-corrected chi connectivity index (χ1v) is 8.02. The number of aromatic amines is 1. The van der Waals surface area contributed by atoms with E-state index in [2.05, 4.69) is 19.9 Å². The molecule has 128 valence electrons. The van der Waals surface area contributed by atoms with Crippen LogP contribution in [0.25, 0.3) is 10.9 Å². The van der Waals surface area contributed by atoms with E-state index >= 15 is 0 Å². The second kappa shape index (κ2) is 6.08. The smallest absolute Gasteiger partial charge is 0.260 e. The van der Waals surface area contributed by atoms with Gasteiger partial charge in [-0.3, -0.25) is 14.8 Å². The Morgan fingerprint density at radius 1 is 1.16 bits per heavy atom. The van der Waals surface area contributed by atoms with Crippen molar-refractivity contribution in [3.63, 3.8) is 0 Å². The summed E-state index contributed by atoms with van der Waals surface area (Å²) in [5, 5.41) is 0.473. The van der Waals surface area contributed by atoms with E-state index in [1.165, 1.54) is 5.56 Å². The Hall–Kier alpha value is -3.09. The molecule has 0 spiro atoms. The average Bonchev–Trinajstić information content (AvgIpc) is 2.66. The molecule has 7 heteroatoms. The summed E-state index contributed by atoms with van der Waals surface area (Å²) in [4.78, 5) is 26.3. The summed E-state index contributed by atoms with van der Waals surface area (Å²) in [6.45, 7) is 1.46. The van der Waals surface area contributed by atoms with Crippen molar-refractivity contribution in [2.45, 2.75) is 13.0 Å². The fourth-order valence-electron chi connectivity index (χ4n) is 3.17. The van der Waals surface area contributed by atoms with E-state index in [0.717, 1.165) is 18.5 Å². The third kappa shape index (κ3) is 2.67. The van der Waals surface area contributed by atoms with Crippen LogP contribution in [0.5, 0.6) is 11.5 Å². The van der Waals surface area contributed by atoms with Crippen molar-refractivity contribution in [3.8, 4) is 11.5 Å². The van der Waals surface area contributed by atoms with E-state index in [1.54, 1.807) is 26.4 Å². The molecule has 7 nitrogen and oxygen atoms in total. The number of aromatic nitrogens is 3. The second-order valence-corrected chi connectivity index (χ2v) is 5.93. The topological polar surface area (TPSA) is 80.3 Å². The van der Waals surface area contributed by atoms with Crippen LogP contribution in [0.4, 0.5) is 5.95 Å². The molecule has 0 aliphatic carbocycles. The van der Waals surface area contributed by atoms with Crippen LogP contribution in [0.15, 0.2) is 35.4 Å². The SMILES string of the molecule is COc1cc2nc(N3CCc4ccncc4C3)[nH]c(=O)c2cc1OC. The maximum Gasteiger partial charge on any atom is 0.260 e. The summed E-state index contributed by atoms with van der Waals surface area (Å²) in [5.41, 5.74) is 2.83. The van der Waals surface area contributed by atoms with Crippen molar-refractivity contribution >= 4 is 16.9 Å². The number of anilines is 1. The highest BCUT2D eigenvalue weighted by Gasteiger charge is 2.19. The van der Waals surface area contributed by atoms with Crippen molar-refractivity contribution < 1.29 is 9.47 Å².